The molecule has 0 amide bonds. The van der Waals surface area contributed by atoms with Crippen molar-refractivity contribution in [3.05, 3.63) is 48.6 Å². The van der Waals surface area contributed by atoms with Gasteiger partial charge in [-0.1, -0.05) is 36.4 Å². The Morgan fingerprint density at radius 3 is 2.67 bits per heavy atom. The minimum absolute atomic E-state index is 0.192. The molecule has 0 spiro atoms. The van der Waals surface area contributed by atoms with Crippen molar-refractivity contribution in [2.75, 3.05) is 20.1 Å². The lowest BCUT2D eigenvalue weighted by molar-refractivity contribution is 0.340. The standard InChI is InChI=1S/C13H20N2/c1-3-9-15(2)11-13(14)10-12-7-5-4-6-8-12/h3-8,13H,1,9-11,14H2,2H3. The van der Waals surface area contributed by atoms with Gasteiger partial charge in [-0.05, 0) is 19.0 Å². The maximum Gasteiger partial charge on any atom is 0.0208 e. The summed E-state index contributed by atoms with van der Waals surface area (Å²) in [4.78, 5) is 2.18. The van der Waals surface area contributed by atoms with E-state index in [9.17, 15) is 0 Å². The van der Waals surface area contributed by atoms with Crippen molar-refractivity contribution in [1.29, 1.82) is 0 Å². The second kappa shape index (κ2) is 6.38. The molecule has 0 heterocycles. The van der Waals surface area contributed by atoms with E-state index in [4.69, 9.17) is 5.73 Å². The largest absolute Gasteiger partial charge is 0.326 e. The summed E-state index contributed by atoms with van der Waals surface area (Å²) in [7, 11) is 2.06. The number of nitrogens with two attached hydrogens (primary N) is 1. The Bertz CT molecular complexity index is 282. The third-order valence-corrected chi connectivity index (χ3v) is 2.33. The Kier molecular flexibility index (Phi) is 5.08. The lowest BCUT2D eigenvalue weighted by atomic mass is 10.1. The first-order valence-electron chi connectivity index (χ1n) is 5.31. The van der Waals surface area contributed by atoms with Crippen LogP contribution in [0.5, 0.6) is 0 Å². The third-order valence-electron chi connectivity index (χ3n) is 2.33. The van der Waals surface area contributed by atoms with Crippen LogP contribution in [0.25, 0.3) is 0 Å². The highest BCUT2D eigenvalue weighted by Crippen LogP contribution is 2.02. The number of nitrogens with zero attached hydrogens (tertiary/aromatic N) is 1. The Labute approximate surface area is 92.4 Å². The summed E-state index contributed by atoms with van der Waals surface area (Å²) in [5.74, 6) is 0. The normalized spacial score (nSPS) is 12.7. The van der Waals surface area contributed by atoms with Crippen LogP contribution in [0.1, 0.15) is 5.56 Å². The minimum Gasteiger partial charge on any atom is -0.326 e. The Morgan fingerprint density at radius 1 is 1.40 bits per heavy atom. The molecule has 0 bridgehead atoms. The first kappa shape index (κ1) is 12.0. The fourth-order valence-corrected chi connectivity index (χ4v) is 1.68. The molecular weight excluding hydrogens is 184 g/mol. The van der Waals surface area contributed by atoms with Crippen LogP contribution in [0.4, 0.5) is 0 Å². The molecule has 0 aliphatic heterocycles. The van der Waals surface area contributed by atoms with Crippen LogP contribution in [-0.4, -0.2) is 31.1 Å². The van der Waals surface area contributed by atoms with Crippen LogP contribution in [0, 0.1) is 0 Å². The number of hydrogen-bond donors (Lipinski definition) is 1. The van der Waals surface area contributed by atoms with Gasteiger partial charge < -0.3 is 10.6 Å². The highest BCUT2D eigenvalue weighted by Gasteiger charge is 2.06. The smallest absolute Gasteiger partial charge is 0.0208 e. The van der Waals surface area contributed by atoms with E-state index in [2.05, 4.69) is 42.8 Å². The molecule has 1 aromatic rings. The van der Waals surface area contributed by atoms with Crippen LogP contribution in [-0.2, 0) is 6.42 Å². The molecule has 82 valence electrons. The summed E-state index contributed by atoms with van der Waals surface area (Å²) in [5.41, 5.74) is 7.36. The molecule has 0 saturated heterocycles. The summed E-state index contributed by atoms with van der Waals surface area (Å²) in [5, 5.41) is 0. The monoisotopic (exact) mass is 204 g/mol. The predicted octanol–water partition coefficient (Wildman–Crippen LogP) is 1.67. The van der Waals surface area contributed by atoms with Crippen LogP contribution >= 0.6 is 0 Å². The molecule has 2 nitrogen and oxygen atoms in total. The van der Waals surface area contributed by atoms with Crippen molar-refractivity contribution in [3.8, 4) is 0 Å². The van der Waals surface area contributed by atoms with Gasteiger partial charge in [-0.2, -0.15) is 0 Å². The zero-order chi connectivity index (χ0) is 11.1. The van der Waals surface area contributed by atoms with Gasteiger partial charge in [-0.3, -0.25) is 0 Å². The van der Waals surface area contributed by atoms with Gasteiger partial charge in [0.2, 0.25) is 0 Å². The predicted molar refractivity (Wildman–Crippen MR) is 65.8 cm³/mol. The lowest BCUT2D eigenvalue weighted by Gasteiger charge is -2.19. The average molecular weight is 204 g/mol. The molecule has 1 atom stereocenters. The van der Waals surface area contributed by atoms with E-state index < -0.39 is 0 Å². The van der Waals surface area contributed by atoms with E-state index in [0.29, 0.717) is 0 Å². The van der Waals surface area contributed by atoms with E-state index in [1.807, 2.05) is 12.1 Å². The maximum absolute atomic E-state index is 6.06. The summed E-state index contributed by atoms with van der Waals surface area (Å²) in [6, 6.07) is 10.6. The van der Waals surface area contributed by atoms with E-state index >= 15 is 0 Å². The fraction of sp³-hybridized carbons (Fsp3) is 0.385. The molecule has 2 N–H and O–H groups in total. The van der Waals surface area contributed by atoms with Crippen molar-refractivity contribution < 1.29 is 0 Å². The number of hydrogen-bond acceptors (Lipinski definition) is 2. The minimum atomic E-state index is 0.192. The Morgan fingerprint density at radius 2 is 2.07 bits per heavy atom. The molecule has 0 aliphatic rings. The van der Waals surface area contributed by atoms with Crippen molar-refractivity contribution in [3.63, 3.8) is 0 Å². The highest BCUT2D eigenvalue weighted by atomic mass is 15.1. The summed E-state index contributed by atoms with van der Waals surface area (Å²) >= 11 is 0. The topological polar surface area (TPSA) is 29.3 Å². The fourth-order valence-electron chi connectivity index (χ4n) is 1.68. The van der Waals surface area contributed by atoms with Gasteiger partial charge in [0, 0.05) is 19.1 Å². The molecular formula is C13H20N2. The van der Waals surface area contributed by atoms with Gasteiger partial charge in [0.05, 0.1) is 0 Å². The summed E-state index contributed by atoms with van der Waals surface area (Å²) in [6.45, 7) is 5.50. The van der Waals surface area contributed by atoms with Crippen LogP contribution in [0.2, 0.25) is 0 Å². The van der Waals surface area contributed by atoms with Gasteiger partial charge in [0.15, 0.2) is 0 Å². The van der Waals surface area contributed by atoms with Crippen LogP contribution in [0.3, 0.4) is 0 Å². The summed E-state index contributed by atoms with van der Waals surface area (Å²) < 4.78 is 0. The third kappa shape index (κ3) is 4.77. The average Bonchev–Trinajstić information content (AvgIpc) is 2.19. The molecule has 2 heteroatoms. The maximum atomic E-state index is 6.06. The Balaban J connectivity index is 2.36. The van der Waals surface area contributed by atoms with Crippen LogP contribution in [0.15, 0.2) is 43.0 Å². The van der Waals surface area contributed by atoms with Gasteiger partial charge >= 0.3 is 0 Å². The quantitative estimate of drug-likeness (QED) is 0.714. The van der Waals surface area contributed by atoms with Gasteiger partial charge in [0.1, 0.15) is 0 Å². The first-order chi connectivity index (χ1) is 7.22. The molecule has 15 heavy (non-hydrogen) atoms. The second-order valence-corrected chi connectivity index (χ2v) is 3.96. The molecule has 0 aromatic heterocycles. The van der Waals surface area contributed by atoms with Crippen molar-refractivity contribution in [1.82, 2.24) is 4.90 Å². The SMILES string of the molecule is C=CCN(C)CC(N)Cc1ccccc1. The zero-order valence-electron chi connectivity index (χ0n) is 9.39. The van der Waals surface area contributed by atoms with Gasteiger partial charge in [-0.25, -0.2) is 0 Å². The first-order valence-corrected chi connectivity index (χ1v) is 5.31. The number of likely N-dealkylation sites (N-methyl/N-ethyl adjacent to an activating group) is 1. The summed E-state index contributed by atoms with van der Waals surface area (Å²) in [6.07, 6.45) is 2.83. The number of rotatable bonds is 6. The second-order valence-electron chi connectivity index (χ2n) is 3.96. The van der Waals surface area contributed by atoms with Crippen LogP contribution < -0.4 is 5.73 Å². The Hall–Kier alpha value is -1.12. The zero-order valence-corrected chi connectivity index (χ0v) is 9.39. The molecule has 1 unspecified atom stereocenters. The van der Waals surface area contributed by atoms with Gasteiger partial charge in [-0.15, -0.1) is 6.58 Å². The van der Waals surface area contributed by atoms with Crippen molar-refractivity contribution in [2.45, 2.75) is 12.5 Å². The van der Waals surface area contributed by atoms with Crippen molar-refractivity contribution >= 4 is 0 Å². The van der Waals surface area contributed by atoms with Crippen molar-refractivity contribution in [2.24, 2.45) is 5.73 Å². The molecule has 1 rings (SSSR count). The van der Waals surface area contributed by atoms with E-state index in [1.165, 1.54) is 5.56 Å². The lowest BCUT2D eigenvalue weighted by Crippen LogP contribution is -2.36. The molecule has 0 fully saturated rings. The number of benzene rings is 1. The van der Waals surface area contributed by atoms with E-state index in [1.54, 1.807) is 0 Å². The van der Waals surface area contributed by atoms with E-state index in [0.717, 1.165) is 19.5 Å². The molecule has 0 radical (unpaired) electrons. The molecule has 1 aromatic carbocycles. The molecule has 0 aliphatic carbocycles. The van der Waals surface area contributed by atoms with Gasteiger partial charge in [0.25, 0.3) is 0 Å². The van der Waals surface area contributed by atoms with E-state index in [-0.39, 0.29) is 6.04 Å². The molecule has 0 saturated carbocycles. The highest BCUT2D eigenvalue weighted by molar-refractivity contribution is 5.15.